The van der Waals surface area contributed by atoms with E-state index in [2.05, 4.69) is 0 Å². The molecule has 4 rings (SSSR count). The summed E-state index contributed by atoms with van der Waals surface area (Å²) in [6.45, 7) is -0.351. The zero-order valence-corrected chi connectivity index (χ0v) is 9.47. The number of hydrogen-bond acceptors (Lipinski definition) is 6. The molecule has 0 radical (unpaired) electrons. The van der Waals surface area contributed by atoms with Gasteiger partial charge in [0.25, 0.3) is 0 Å². The van der Waals surface area contributed by atoms with Crippen LogP contribution in [0.25, 0.3) is 0 Å². The van der Waals surface area contributed by atoms with E-state index in [-0.39, 0.29) is 6.61 Å². The third kappa shape index (κ3) is 1.36. The van der Waals surface area contributed by atoms with Crippen molar-refractivity contribution in [3.05, 3.63) is 0 Å². The molecule has 8 heteroatoms. The largest absolute Gasteiger partial charge is 0.394 e. The molecule has 6 nitrogen and oxygen atoms in total. The van der Waals surface area contributed by atoms with Gasteiger partial charge in [-0.05, 0) is 0 Å². The number of ether oxygens (including phenoxy) is 4. The molecule has 1 unspecified atom stereocenters. The standard InChI is InChI=1S/C8H10Cl2O6/c9-7(10)8-14-2(1-11)4-3(12)5(15-8)6(13-4)16-8/h2-7,11-12H,1H2/t2-,3+,4-,5+,6+,8?/m1/s1. The van der Waals surface area contributed by atoms with Gasteiger partial charge in [0, 0.05) is 0 Å². The molecule has 0 aromatic carbocycles. The van der Waals surface area contributed by atoms with Crippen LogP contribution in [0.5, 0.6) is 0 Å². The van der Waals surface area contributed by atoms with Gasteiger partial charge >= 0.3 is 5.97 Å². The van der Waals surface area contributed by atoms with Gasteiger partial charge in [0.15, 0.2) is 11.1 Å². The highest BCUT2D eigenvalue weighted by molar-refractivity contribution is 6.44. The van der Waals surface area contributed by atoms with E-state index >= 15 is 0 Å². The van der Waals surface area contributed by atoms with Crippen molar-refractivity contribution in [2.75, 3.05) is 6.61 Å². The van der Waals surface area contributed by atoms with Gasteiger partial charge in [-0.1, -0.05) is 23.2 Å². The average molecular weight is 273 g/mol. The maximum atomic E-state index is 9.88. The lowest BCUT2D eigenvalue weighted by Gasteiger charge is -2.29. The van der Waals surface area contributed by atoms with Crippen LogP contribution in [0, 0.1) is 0 Å². The van der Waals surface area contributed by atoms with Crippen LogP contribution in [0.3, 0.4) is 0 Å². The summed E-state index contributed by atoms with van der Waals surface area (Å²) in [7, 11) is 0. The Bertz CT molecular complexity index is 302. The number of halogens is 2. The summed E-state index contributed by atoms with van der Waals surface area (Å²) in [4.78, 5) is -1.11. The Morgan fingerprint density at radius 1 is 1.19 bits per heavy atom. The van der Waals surface area contributed by atoms with Crippen molar-refractivity contribution in [3.63, 3.8) is 0 Å². The molecule has 0 saturated carbocycles. The molecule has 4 aliphatic heterocycles. The van der Waals surface area contributed by atoms with Gasteiger partial charge in [-0.25, -0.2) is 0 Å². The minimum absolute atomic E-state index is 0.351. The average Bonchev–Trinajstić information content (AvgIpc) is 2.60. The van der Waals surface area contributed by atoms with Gasteiger partial charge in [0.05, 0.1) is 6.61 Å². The van der Waals surface area contributed by atoms with Gasteiger partial charge < -0.3 is 24.4 Å². The first kappa shape index (κ1) is 11.4. The number of alkyl halides is 2. The number of fused-ring (bicyclic) bond motifs is 1. The topological polar surface area (TPSA) is 77.4 Å². The van der Waals surface area contributed by atoms with Crippen molar-refractivity contribution >= 4 is 23.2 Å². The van der Waals surface area contributed by atoms with Crippen molar-refractivity contribution in [1.29, 1.82) is 0 Å². The third-order valence-electron chi connectivity index (χ3n) is 2.94. The fourth-order valence-corrected chi connectivity index (χ4v) is 2.51. The second-order valence-electron chi connectivity index (χ2n) is 3.90. The molecule has 4 bridgehead atoms. The Morgan fingerprint density at radius 3 is 2.50 bits per heavy atom. The smallest absolute Gasteiger partial charge is 0.318 e. The van der Waals surface area contributed by atoms with E-state index in [1.807, 2.05) is 0 Å². The first-order valence-electron chi connectivity index (χ1n) is 4.83. The second-order valence-corrected chi connectivity index (χ2v) is 5.00. The molecule has 92 valence electrons. The molecule has 2 N–H and O–H groups in total. The predicted octanol–water partition coefficient (Wildman–Crippen LogP) is -0.664. The lowest BCUT2D eigenvalue weighted by Crippen LogP contribution is -2.46. The van der Waals surface area contributed by atoms with Crippen LogP contribution in [-0.2, 0) is 18.9 Å². The molecule has 0 aromatic heterocycles. The molecular formula is C8H10Cl2O6. The lowest BCUT2D eigenvalue weighted by molar-refractivity contribution is -0.342. The Labute approximate surface area is 101 Å². The molecule has 16 heavy (non-hydrogen) atoms. The number of hydrogen-bond donors (Lipinski definition) is 2. The second kappa shape index (κ2) is 3.66. The summed E-state index contributed by atoms with van der Waals surface area (Å²) in [5.41, 5.74) is 0. The molecule has 4 fully saturated rings. The number of rotatable bonds is 2. The van der Waals surface area contributed by atoms with Gasteiger partial charge in [-0.2, -0.15) is 0 Å². The zero-order valence-electron chi connectivity index (χ0n) is 7.95. The molecule has 0 aromatic rings. The van der Waals surface area contributed by atoms with Crippen LogP contribution in [0.15, 0.2) is 0 Å². The van der Waals surface area contributed by atoms with Gasteiger partial charge in [0.2, 0.25) is 0 Å². The van der Waals surface area contributed by atoms with E-state index < -0.39 is 41.5 Å². The lowest BCUT2D eigenvalue weighted by atomic mass is 10.1. The Kier molecular flexibility index (Phi) is 2.62. The van der Waals surface area contributed by atoms with E-state index in [1.165, 1.54) is 0 Å². The highest BCUT2D eigenvalue weighted by atomic mass is 35.5. The van der Waals surface area contributed by atoms with Crippen LogP contribution >= 0.6 is 23.2 Å². The van der Waals surface area contributed by atoms with Crippen LogP contribution in [0.1, 0.15) is 0 Å². The maximum absolute atomic E-state index is 9.88. The quantitative estimate of drug-likeness (QED) is 0.650. The Balaban J connectivity index is 1.97. The van der Waals surface area contributed by atoms with E-state index in [0.29, 0.717) is 0 Å². The molecule has 0 amide bonds. The van der Waals surface area contributed by atoms with E-state index in [0.717, 1.165) is 0 Å². The van der Waals surface area contributed by atoms with Crippen molar-refractivity contribution in [2.45, 2.75) is 41.5 Å². The van der Waals surface area contributed by atoms with Crippen molar-refractivity contribution in [3.8, 4) is 0 Å². The summed E-state index contributed by atoms with van der Waals surface area (Å²) in [5, 5.41) is 19.0. The third-order valence-corrected chi connectivity index (χ3v) is 3.48. The molecule has 4 heterocycles. The zero-order chi connectivity index (χ0) is 11.5. The predicted molar refractivity (Wildman–Crippen MR) is 50.8 cm³/mol. The van der Waals surface area contributed by atoms with Gasteiger partial charge in [-0.15, -0.1) is 0 Å². The molecular weight excluding hydrogens is 263 g/mol. The summed E-state index contributed by atoms with van der Waals surface area (Å²) in [6, 6.07) is 0. The summed E-state index contributed by atoms with van der Waals surface area (Å²) in [5.74, 6) is -1.67. The monoisotopic (exact) mass is 272 g/mol. The highest BCUT2D eigenvalue weighted by Gasteiger charge is 2.66. The minimum Gasteiger partial charge on any atom is -0.394 e. The van der Waals surface area contributed by atoms with Crippen LogP contribution in [-0.4, -0.2) is 58.3 Å². The van der Waals surface area contributed by atoms with Gasteiger partial charge in [-0.3, -0.25) is 4.74 Å². The highest BCUT2D eigenvalue weighted by Crippen LogP contribution is 2.48. The summed E-state index contributed by atoms with van der Waals surface area (Å²) >= 11 is 11.5. The van der Waals surface area contributed by atoms with E-state index in [1.54, 1.807) is 0 Å². The molecule has 4 aliphatic rings. The minimum atomic E-state index is -1.67. The first-order chi connectivity index (χ1) is 7.57. The molecule has 0 spiro atoms. The van der Waals surface area contributed by atoms with Crippen molar-refractivity contribution in [1.82, 2.24) is 0 Å². The number of aliphatic hydroxyl groups excluding tert-OH is 2. The summed E-state index contributed by atoms with van der Waals surface area (Å²) < 4.78 is 21.5. The Hall–Kier alpha value is 0.340. The number of aliphatic hydroxyl groups is 2. The van der Waals surface area contributed by atoms with Crippen LogP contribution < -0.4 is 0 Å². The van der Waals surface area contributed by atoms with Gasteiger partial charge in [0.1, 0.15) is 24.4 Å². The fourth-order valence-electron chi connectivity index (χ4n) is 2.20. The maximum Gasteiger partial charge on any atom is 0.318 e. The van der Waals surface area contributed by atoms with Crippen molar-refractivity contribution in [2.24, 2.45) is 0 Å². The fraction of sp³-hybridized carbons (Fsp3) is 1.00. The SMILES string of the molecule is OC[C@H]1OC2(C(Cl)Cl)O[C@@H]3O[C@H]1[C@H](O)[C@@H]3O2. The normalized spacial score (nSPS) is 54.9. The Morgan fingerprint density at radius 2 is 1.94 bits per heavy atom. The van der Waals surface area contributed by atoms with E-state index in [9.17, 15) is 10.2 Å². The summed E-state index contributed by atoms with van der Waals surface area (Å²) in [6.07, 6.45) is -3.87. The van der Waals surface area contributed by atoms with Crippen LogP contribution in [0.2, 0.25) is 0 Å². The van der Waals surface area contributed by atoms with E-state index in [4.69, 9.17) is 42.1 Å². The van der Waals surface area contributed by atoms with Crippen molar-refractivity contribution < 1.29 is 29.2 Å². The molecule has 4 saturated heterocycles. The molecule has 0 aliphatic carbocycles. The molecule has 6 atom stereocenters. The first-order valence-corrected chi connectivity index (χ1v) is 5.70. The van der Waals surface area contributed by atoms with Crippen LogP contribution in [0.4, 0.5) is 0 Å².